The second-order valence-corrected chi connectivity index (χ2v) is 12.6. The van der Waals surface area contributed by atoms with Crippen LogP contribution < -0.4 is 0 Å². The molecule has 200 valence electrons. The summed E-state index contributed by atoms with van der Waals surface area (Å²) in [5.41, 5.74) is 22.4. The Morgan fingerprint density at radius 2 is 1.18 bits per heavy atom. The van der Waals surface area contributed by atoms with Crippen LogP contribution >= 0.6 is 0 Å². The van der Waals surface area contributed by atoms with Crippen molar-refractivity contribution in [1.82, 2.24) is 0 Å². The Morgan fingerprint density at radius 1 is 0.625 bits per heavy atom. The van der Waals surface area contributed by atoms with Gasteiger partial charge in [-0.1, -0.05) is 103 Å². The molecule has 0 saturated heterocycles. The average Bonchev–Trinajstić information content (AvgIpc) is 3.51. The van der Waals surface area contributed by atoms with Crippen molar-refractivity contribution in [2.24, 2.45) is 0 Å². The van der Waals surface area contributed by atoms with Gasteiger partial charge < -0.3 is 0 Å². The van der Waals surface area contributed by atoms with Crippen molar-refractivity contribution in [3.8, 4) is 33.4 Å². The van der Waals surface area contributed by atoms with Gasteiger partial charge in [-0.15, -0.1) is 0 Å². The van der Waals surface area contributed by atoms with E-state index in [0.29, 0.717) is 0 Å². The molecule has 0 heterocycles. The van der Waals surface area contributed by atoms with Gasteiger partial charge in [0.15, 0.2) is 0 Å². The molecule has 0 aliphatic heterocycles. The standard InChI is InChI=1S/C39H40.Zr/c1-23-17-25(3)36(26(4)18-23)29-13-14-32-30(21-29)22-35-33(32)15-16-34(37-27(5)19-24(2)20-28(37)6)38(35)39(7,8)31-11-9-10-12-31;/h9-11,13-21H,12,22H2,1-8H3;. The maximum absolute atomic E-state index is 2.47. The first-order valence-electron chi connectivity index (χ1n) is 14.4. The van der Waals surface area contributed by atoms with Gasteiger partial charge in [-0.2, -0.15) is 0 Å². The minimum absolute atomic E-state index is 0. The smallest absolute Gasteiger partial charge is 0.0120 e. The van der Waals surface area contributed by atoms with E-state index < -0.39 is 0 Å². The zero-order valence-corrected chi connectivity index (χ0v) is 27.8. The third-order valence-corrected chi connectivity index (χ3v) is 9.19. The SMILES string of the molecule is Cc1cc(C)c(-c2ccc3c(c2)Cc2c-3ccc(-c3c(C)cc(C)cc3C)c2C(C)(C)C2=CC=CC2)c(C)c1.[Zr]. The van der Waals surface area contributed by atoms with Crippen molar-refractivity contribution in [3.63, 3.8) is 0 Å². The van der Waals surface area contributed by atoms with E-state index in [0.717, 1.165) is 12.8 Å². The molecule has 0 bridgehead atoms. The summed E-state index contributed by atoms with van der Waals surface area (Å²) in [7, 11) is 0. The minimum atomic E-state index is -0.0665. The van der Waals surface area contributed by atoms with E-state index in [1.54, 1.807) is 0 Å². The van der Waals surface area contributed by atoms with Crippen LogP contribution in [0.1, 0.15) is 70.3 Å². The quantitative estimate of drug-likeness (QED) is 0.193. The predicted octanol–water partition coefficient (Wildman–Crippen LogP) is 10.6. The van der Waals surface area contributed by atoms with E-state index >= 15 is 0 Å². The summed E-state index contributed by atoms with van der Waals surface area (Å²) in [4.78, 5) is 0. The van der Waals surface area contributed by atoms with Gasteiger partial charge in [-0.05, 0) is 127 Å². The van der Waals surface area contributed by atoms with Crippen LogP contribution in [0.15, 0.2) is 78.4 Å². The summed E-state index contributed by atoms with van der Waals surface area (Å²) in [5.74, 6) is 0. The van der Waals surface area contributed by atoms with E-state index in [2.05, 4.69) is 128 Å². The van der Waals surface area contributed by atoms with Gasteiger partial charge in [0.05, 0.1) is 0 Å². The van der Waals surface area contributed by atoms with Gasteiger partial charge in [-0.25, -0.2) is 0 Å². The number of hydrogen-bond donors (Lipinski definition) is 0. The Balaban J connectivity index is 0.00000323. The Bertz CT molecular complexity index is 1680. The maximum Gasteiger partial charge on any atom is 0.0120 e. The molecule has 0 atom stereocenters. The number of aryl methyl sites for hydroxylation is 6. The van der Waals surface area contributed by atoms with Crippen LogP contribution in [0, 0.1) is 41.5 Å². The van der Waals surface area contributed by atoms with Crippen molar-refractivity contribution in [3.05, 3.63) is 128 Å². The van der Waals surface area contributed by atoms with Gasteiger partial charge in [0, 0.05) is 31.6 Å². The molecule has 1 heteroatoms. The Hall–Kier alpha value is -2.76. The fourth-order valence-corrected chi connectivity index (χ4v) is 7.67. The van der Waals surface area contributed by atoms with E-state index in [1.165, 1.54) is 89.0 Å². The molecule has 4 aromatic rings. The van der Waals surface area contributed by atoms with Crippen LogP contribution in [0.5, 0.6) is 0 Å². The molecule has 4 aromatic carbocycles. The molecule has 0 unspecified atom stereocenters. The number of rotatable bonds is 4. The van der Waals surface area contributed by atoms with Crippen molar-refractivity contribution in [2.45, 2.75) is 73.6 Å². The van der Waals surface area contributed by atoms with Crippen LogP contribution in [-0.4, -0.2) is 0 Å². The molecule has 2 aliphatic rings. The zero-order chi connectivity index (χ0) is 27.6. The molecule has 0 radical (unpaired) electrons. The van der Waals surface area contributed by atoms with Gasteiger partial charge in [0.2, 0.25) is 0 Å². The topological polar surface area (TPSA) is 0 Å². The normalized spacial score (nSPS) is 13.7. The van der Waals surface area contributed by atoms with E-state index in [1.807, 2.05) is 0 Å². The largest absolute Gasteiger partial charge is 0.0804 e. The zero-order valence-electron chi connectivity index (χ0n) is 25.3. The van der Waals surface area contributed by atoms with Crippen molar-refractivity contribution in [1.29, 1.82) is 0 Å². The molecule has 2 aliphatic carbocycles. The minimum Gasteiger partial charge on any atom is -0.0804 e. The van der Waals surface area contributed by atoms with E-state index in [4.69, 9.17) is 0 Å². The second-order valence-electron chi connectivity index (χ2n) is 12.6. The fourth-order valence-electron chi connectivity index (χ4n) is 7.67. The molecule has 0 N–H and O–H groups in total. The Kier molecular flexibility index (Phi) is 7.60. The Morgan fingerprint density at radius 3 is 1.75 bits per heavy atom. The van der Waals surface area contributed by atoms with Crippen LogP contribution in [0.3, 0.4) is 0 Å². The number of allylic oxidation sites excluding steroid dienone is 4. The monoisotopic (exact) mass is 598 g/mol. The summed E-state index contributed by atoms with van der Waals surface area (Å²) in [5, 5.41) is 0. The molecular formula is C39H40Zr. The third-order valence-electron chi connectivity index (χ3n) is 9.19. The van der Waals surface area contributed by atoms with Crippen LogP contribution in [-0.2, 0) is 38.0 Å². The van der Waals surface area contributed by atoms with Crippen molar-refractivity contribution < 1.29 is 26.2 Å². The molecule has 0 nitrogen and oxygen atoms in total. The van der Waals surface area contributed by atoms with Gasteiger partial charge in [0.25, 0.3) is 0 Å². The van der Waals surface area contributed by atoms with E-state index in [9.17, 15) is 0 Å². The first kappa shape index (κ1) is 28.8. The van der Waals surface area contributed by atoms with Crippen LogP contribution in [0.4, 0.5) is 0 Å². The molecule has 6 rings (SSSR count). The van der Waals surface area contributed by atoms with Gasteiger partial charge in [0.1, 0.15) is 0 Å². The Labute approximate surface area is 260 Å². The third kappa shape index (κ3) is 4.65. The fraction of sp³-hybridized carbons (Fsp3) is 0.282. The number of hydrogen-bond acceptors (Lipinski definition) is 0. The first-order valence-corrected chi connectivity index (χ1v) is 14.4. The second kappa shape index (κ2) is 10.6. The predicted molar refractivity (Wildman–Crippen MR) is 169 cm³/mol. The number of benzene rings is 4. The van der Waals surface area contributed by atoms with Crippen LogP contribution in [0.25, 0.3) is 33.4 Å². The summed E-state index contributed by atoms with van der Waals surface area (Å²) >= 11 is 0. The maximum atomic E-state index is 2.47. The van der Waals surface area contributed by atoms with Gasteiger partial charge >= 0.3 is 0 Å². The van der Waals surface area contributed by atoms with E-state index in [-0.39, 0.29) is 31.6 Å². The molecule has 0 saturated carbocycles. The molecule has 0 fully saturated rings. The molecular weight excluding hydrogens is 560 g/mol. The summed E-state index contributed by atoms with van der Waals surface area (Å²) < 4.78 is 0. The molecule has 40 heavy (non-hydrogen) atoms. The molecule has 0 aromatic heterocycles. The molecule has 0 spiro atoms. The van der Waals surface area contributed by atoms with Crippen molar-refractivity contribution >= 4 is 0 Å². The summed E-state index contributed by atoms with van der Waals surface area (Å²) in [6.45, 7) is 18.3. The van der Waals surface area contributed by atoms with Crippen LogP contribution in [0.2, 0.25) is 0 Å². The summed E-state index contributed by atoms with van der Waals surface area (Å²) in [6.07, 6.45) is 8.90. The number of fused-ring (bicyclic) bond motifs is 3. The molecule has 0 amide bonds. The summed E-state index contributed by atoms with van der Waals surface area (Å²) in [6, 6.07) is 21.3. The van der Waals surface area contributed by atoms with Gasteiger partial charge in [-0.3, -0.25) is 0 Å². The first-order chi connectivity index (χ1) is 18.6. The van der Waals surface area contributed by atoms with Crippen molar-refractivity contribution in [2.75, 3.05) is 0 Å². The average molecular weight is 600 g/mol.